The van der Waals surface area contributed by atoms with Gasteiger partial charge in [-0.25, -0.2) is 5.21 Å². The van der Waals surface area contributed by atoms with Crippen molar-refractivity contribution in [1.82, 2.24) is 0 Å². The first-order valence-electron chi connectivity index (χ1n) is 4.97. The SMILES string of the molecule is CC(=O)[O-].O/N=C1/CCCCCC1[NH2+]O. The van der Waals surface area contributed by atoms with Gasteiger partial charge in [0.1, 0.15) is 5.71 Å². The number of rotatable bonds is 1. The van der Waals surface area contributed by atoms with E-state index in [1.54, 1.807) is 0 Å². The van der Waals surface area contributed by atoms with Crippen molar-refractivity contribution in [3.05, 3.63) is 0 Å². The number of carboxylic acid groups (broad SMARTS) is 1. The fourth-order valence-corrected chi connectivity index (χ4v) is 1.48. The molecule has 0 aliphatic heterocycles. The zero-order chi connectivity index (χ0) is 11.7. The molecule has 1 aliphatic rings. The number of carboxylic acids is 1. The minimum atomic E-state index is -1.08. The molecule has 1 rings (SSSR count). The number of nitrogens with zero attached hydrogens (tertiary/aromatic N) is 1. The van der Waals surface area contributed by atoms with E-state index in [1.165, 1.54) is 6.42 Å². The van der Waals surface area contributed by atoms with E-state index in [0.717, 1.165) is 43.8 Å². The molecule has 0 aromatic rings. The molecule has 1 aliphatic carbocycles. The Morgan fingerprint density at radius 2 is 2.13 bits per heavy atom. The third-order valence-electron chi connectivity index (χ3n) is 2.18. The Labute approximate surface area is 88.6 Å². The number of aliphatic carboxylic acids is 1. The van der Waals surface area contributed by atoms with Crippen LogP contribution in [0.5, 0.6) is 0 Å². The van der Waals surface area contributed by atoms with Crippen molar-refractivity contribution in [1.29, 1.82) is 0 Å². The highest BCUT2D eigenvalue weighted by atomic mass is 16.5. The monoisotopic (exact) mass is 218 g/mol. The number of hydrogen-bond acceptors (Lipinski definition) is 5. The van der Waals surface area contributed by atoms with Gasteiger partial charge in [0.15, 0.2) is 6.04 Å². The molecular formula is C9H18N2O4. The van der Waals surface area contributed by atoms with E-state index < -0.39 is 5.97 Å². The molecule has 4 N–H and O–H groups in total. The predicted octanol–water partition coefficient (Wildman–Crippen LogP) is -1.14. The summed E-state index contributed by atoms with van der Waals surface area (Å²) in [4.78, 5) is 8.89. The van der Waals surface area contributed by atoms with Gasteiger partial charge in [-0.05, 0) is 26.2 Å². The molecule has 1 fully saturated rings. The Balaban J connectivity index is 0.000000423. The molecule has 0 amide bonds. The van der Waals surface area contributed by atoms with Gasteiger partial charge < -0.3 is 15.1 Å². The molecule has 6 heteroatoms. The first-order valence-corrected chi connectivity index (χ1v) is 4.97. The summed E-state index contributed by atoms with van der Waals surface area (Å²) in [7, 11) is 0. The van der Waals surface area contributed by atoms with Gasteiger partial charge in [0.05, 0.1) is 0 Å². The minimum absolute atomic E-state index is 0.0116. The second kappa shape index (κ2) is 8.19. The molecule has 0 saturated heterocycles. The van der Waals surface area contributed by atoms with Crippen molar-refractivity contribution in [3.63, 3.8) is 0 Å². The zero-order valence-corrected chi connectivity index (χ0v) is 8.85. The van der Waals surface area contributed by atoms with Crippen molar-refractivity contribution < 1.29 is 25.8 Å². The molecule has 1 atom stereocenters. The van der Waals surface area contributed by atoms with Crippen LogP contribution >= 0.6 is 0 Å². The number of quaternary nitrogens is 1. The van der Waals surface area contributed by atoms with Gasteiger partial charge in [-0.1, -0.05) is 11.6 Å². The topological polar surface area (TPSA) is 110 Å². The molecule has 0 aromatic heterocycles. The highest BCUT2D eigenvalue weighted by Gasteiger charge is 2.21. The Kier molecular flexibility index (Phi) is 7.57. The molecule has 0 radical (unpaired) electrons. The van der Waals surface area contributed by atoms with Crippen molar-refractivity contribution in [3.8, 4) is 0 Å². The van der Waals surface area contributed by atoms with Gasteiger partial charge in [0.25, 0.3) is 0 Å². The molecule has 15 heavy (non-hydrogen) atoms. The molecule has 88 valence electrons. The Morgan fingerprint density at radius 3 is 2.60 bits per heavy atom. The van der Waals surface area contributed by atoms with Gasteiger partial charge in [-0.15, -0.1) is 0 Å². The molecule has 0 bridgehead atoms. The fraction of sp³-hybridized carbons (Fsp3) is 0.778. The van der Waals surface area contributed by atoms with Crippen molar-refractivity contribution in [2.24, 2.45) is 5.16 Å². The largest absolute Gasteiger partial charge is 0.550 e. The summed E-state index contributed by atoms with van der Waals surface area (Å²) < 4.78 is 0. The number of carbonyl (C=O) groups is 1. The number of hydrogen-bond donors (Lipinski definition) is 3. The zero-order valence-electron chi connectivity index (χ0n) is 8.85. The van der Waals surface area contributed by atoms with Gasteiger partial charge in [0, 0.05) is 12.4 Å². The second-order valence-corrected chi connectivity index (χ2v) is 3.44. The number of hydroxylamine groups is 1. The quantitative estimate of drug-likeness (QED) is 0.293. The van der Waals surface area contributed by atoms with Crippen LogP contribution < -0.4 is 10.6 Å². The maximum atomic E-state index is 8.89. The molecule has 0 spiro atoms. The number of oxime groups is 1. The molecule has 1 unspecified atom stereocenters. The van der Waals surface area contributed by atoms with Crippen molar-refractivity contribution in [2.45, 2.75) is 45.1 Å². The summed E-state index contributed by atoms with van der Waals surface area (Å²) in [6, 6.07) is -0.0116. The minimum Gasteiger partial charge on any atom is -0.550 e. The maximum Gasteiger partial charge on any atom is 0.157 e. The average Bonchev–Trinajstić information content (AvgIpc) is 2.40. The molecular weight excluding hydrogens is 200 g/mol. The van der Waals surface area contributed by atoms with E-state index in [1.807, 2.05) is 0 Å². The second-order valence-electron chi connectivity index (χ2n) is 3.44. The van der Waals surface area contributed by atoms with Gasteiger partial charge in [-0.2, -0.15) is 5.48 Å². The Bertz CT molecular complexity index is 214. The van der Waals surface area contributed by atoms with Crippen LogP contribution in [0, 0.1) is 0 Å². The van der Waals surface area contributed by atoms with Gasteiger partial charge in [-0.3, -0.25) is 0 Å². The average molecular weight is 218 g/mol. The van der Waals surface area contributed by atoms with Crippen LogP contribution in [0.2, 0.25) is 0 Å². The van der Waals surface area contributed by atoms with Crippen LogP contribution in [0.15, 0.2) is 5.16 Å². The molecule has 1 saturated carbocycles. The third kappa shape index (κ3) is 6.87. The molecule has 0 aromatic carbocycles. The Morgan fingerprint density at radius 1 is 1.53 bits per heavy atom. The van der Waals surface area contributed by atoms with E-state index in [9.17, 15) is 0 Å². The summed E-state index contributed by atoms with van der Waals surface area (Å²) >= 11 is 0. The van der Waals surface area contributed by atoms with Crippen LogP contribution in [-0.2, 0) is 4.79 Å². The third-order valence-corrected chi connectivity index (χ3v) is 2.18. The molecule has 6 nitrogen and oxygen atoms in total. The Hall–Kier alpha value is -1.14. The standard InChI is InChI=1S/C7H14N2O2.C2H4O2/c10-8-6-4-2-1-3-5-7(6)9-11;1-2(3)4/h6,8,10-11H,1-5H2;1H3,(H,3,4)/b9-7-;. The number of carbonyl (C=O) groups excluding carboxylic acids is 1. The highest BCUT2D eigenvalue weighted by Crippen LogP contribution is 2.13. The van der Waals surface area contributed by atoms with Gasteiger partial charge in [0.2, 0.25) is 0 Å². The first kappa shape index (κ1) is 13.9. The first-order chi connectivity index (χ1) is 7.11. The maximum absolute atomic E-state index is 8.89. The lowest BCUT2D eigenvalue weighted by molar-refractivity contribution is -0.900. The summed E-state index contributed by atoms with van der Waals surface area (Å²) in [6.07, 6.45) is 5.09. The predicted molar refractivity (Wildman–Crippen MR) is 50.5 cm³/mol. The van der Waals surface area contributed by atoms with Crippen LogP contribution in [0.4, 0.5) is 0 Å². The van der Waals surface area contributed by atoms with E-state index in [-0.39, 0.29) is 6.04 Å². The van der Waals surface area contributed by atoms with Crippen LogP contribution in [-0.4, -0.2) is 28.1 Å². The van der Waals surface area contributed by atoms with E-state index in [0.29, 0.717) is 0 Å². The normalized spacial score (nSPS) is 23.9. The van der Waals surface area contributed by atoms with Crippen molar-refractivity contribution in [2.75, 3.05) is 0 Å². The van der Waals surface area contributed by atoms with Gasteiger partial charge >= 0.3 is 0 Å². The van der Waals surface area contributed by atoms with E-state index in [4.69, 9.17) is 20.3 Å². The van der Waals surface area contributed by atoms with Crippen molar-refractivity contribution >= 4 is 11.7 Å². The smallest absolute Gasteiger partial charge is 0.157 e. The number of nitrogens with two attached hydrogens (primary N) is 1. The fourth-order valence-electron chi connectivity index (χ4n) is 1.48. The lowest BCUT2D eigenvalue weighted by atomic mass is 10.1. The summed E-state index contributed by atoms with van der Waals surface area (Å²) in [5.74, 6) is -1.08. The summed E-state index contributed by atoms with van der Waals surface area (Å²) in [5.41, 5.74) is 1.87. The van der Waals surface area contributed by atoms with E-state index in [2.05, 4.69) is 5.16 Å². The van der Waals surface area contributed by atoms with Crippen LogP contribution in [0.1, 0.15) is 39.0 Å². The summed E-state index contributed by atoms with van der Waals surface area (Å²) in [6.45, 7) is 0.972. The summed E-state index contributed by atoms with van der Waals surface area (Å²) in [5, 5.41) is 29.4. The lowest BCUT2D eigenvalue weighted by Crippen LogP contribution is -2.88. The molecule has 0 heterocycles. The van der Waals surface area contributed by atoms with Crippen LogP contribution in [0.3, 0.4) is 0 Å². The lowest BCUT2D eigenvalue weighted by Gasteiger charge is -2.07. The highest BCUT2D eigenvalue weighted by molar-refractivity contribution is 5.87. The van der Waals surface area contributed by atoms with E-state index >= 15 is 0 Å². The van der Waals surface area contributed by atoms with Crippen LogP contribution in [0.25, 0.3) is 0 Å².